The van der Waals surface area contributed by atoms with E-state index in [-0.39, 0.29) is 17.8 Å². The molecule has 2 rings (SSSR count). The Balaban J connectivity index is 2.13. The Hall–Kier alpha value is -1.42. The van der Waals surface area contributed by atoms with Crippen molar-refractivity contribution < 1.29 is 19.4 Å². The summed E-state index contributed by atoms with van der Waals surface area (Å²) in [4.78, 5) is 10.9. The summed E-state index contributed by atoms with van der Waals surface area (Å²) >= 11 is 6.28. The lowest BCUT2D eigenvalue weighted by atomic mass is 9.94. The third-order valence-electron chi connectivity index (χ3n) is 3.93. The minimum absolute atomic E-state index is 0.184. The van der Waals surface area contributed by atoms with Crippen LogP contribution in [0.3, 0.4) is 0 Å². The fourth-order valence-corrected chi connectivity index (χ4v) is 2.98. The molecule has 0 amide bonds. The van der Waals surface area contributed by atoms with Crippen molar-refractivity contribution in [3.05, 3.63) is 22.7 Å². The highest BCUT2D eigenvalue weighted by atomic mass is 35.5. The van der Waals surface area contributed by atoms with Gasteiger partial charge in [-0.1, -0.05) is 18.5 Å². The molecule has 3 unspecified atom stereocenters. The van der Waals surface area contributed by atoms with E-state index in [1.165, 1.54) is 0 Å². The van der Waals surface area contributed by atoms with Crippen LogP contribution in [0.25, 0.3) is 0 Å². The standard InChI is InChI=1S/C15H19ClO4/c1-8(4-9-5-11(9)15(17)18)10-6-13(19-2)14(20-3)7-12(10)16/h6-9,11H,4-5H2,1-3H3,(H,17,18). The highest BCUT2D eigenvalue weighted by molar-refractivity contribution is 6.31. The van der Waals surface area contributed by atoms with Crippen LogP contribution in [0.1, 0.15) is 31.2 Å². The number of carbonyl (C=O) groups is 1. The molecular weight excluding hydrogens is 280 g/mol. The minimum Gasteiger partial charge on any atom is -0.493 e. The van der Waals surface area contributed by atoms with Crippen LogP contribution in [-0.2, 0) is 4.79 Å². The molecule has 1 aromatic carbocycles. The minimum atomic E-state index is -0.694. The van der Waals surface area contributed by atoms with E-state index in [0.717, 1.165) is 18.4 Å². The zero-order valence-electron chi connectivity index (χ0n) is 11.9. The van der Waals surface area contributed by atoms with Crippen molar-refractivity contribution in [1.82, 2.24) is 0 Å². The molecule has 1 saturated carbocycles. The molecule has 0 heterocycles. The first kappa shape index (κ1) is 15.0. The molecule has 20 heavy (non-hydrogen) atoms. The maximum absolute atomic E-state index is 10.9. The molecule has 0 aliphatic heterocycles. The Morgan fingerprint density at radius 2 is 2.00 bits per heavy atom. The van der Waals surface area contributed by atoms with Crippen LogP contribution in [-0.4, -0.2) is 25.3 Å². The summed E-state index contributed by atoms with van der Waals surface area (Å²) in [5.74, 6) is 0.813. The average Bonchev–Trinajstić information content (AvgIpc) is 3.17. The van der Waals surface area contributed by atoms with Gasteiger partial charge in [-0.25, -0.2) is 0 Å². The van der Waals surface area contributed by atoms with E-state index in [4.69, 9.17) is 26.2 Å². The van der Waals surface area contributed by atoms with Gasteiger partial charge in [0.2, 0.25) is 0 Å². The second-order valence-corrected chi connectivity index (χ2v) is 5.71. The molecule has 1 N–H and O–H groups in total. The Bertz CT molecular complexity index is 515. The zero-order chi connectivity index (χ0) is 14.9. The molecule has 5 heteroatoms. The molecule has 1 aliphatic rings. The normalized spacial score (nSPS) is 22.2. The molecule has 0 aromatic heterocycles. The molecule has 1 aliphatic carbocycles. The highest BCUT2D eigenvalue weighted by Crippen LogP contribution is 2.47. The number of hydrogen-bond donors (Lipinski definition) is 1. The van der Waals surface area contributed by atoms with Gasteiger partial charge in [0.25, 0.3) is 0 Å². The lowest BCUT2D eigenvalue weighted by Crippen LogP contribution is -2.03. The lowest BCUT2D eigenvalue weighted by molar-refractivity contribution is -0.138. The van der Waals surface area contributed by atoms with Crippen molar-refractivity contribution >= 4 is 17.6 Å². The first-order chi connectivity index (χ1) is 9.47. The number of benzene rings is 1. The molecule has 0 bridgehead atoms. The summed E-state index contributed by atoms with van der Waals surface area (Å²) < 4.78 is 10.5. The second kappa shape index (κ2) is 5.92. The van der Waals surface area contributed by atoms with Crippen molar-refractivity contribution in [2.24, 2.45) is 11.8 Å². The van der Waals surface area contributed by atoms with Gasteiger partial charge in [-0.15, -0.1) is 0 Å². The monoisotopic (exact) mass is 298 g/mol. The number of aliphatic carboxylic acids is 1. The topological polar surface area (TPSA) is 55.8 Å². The quantitative estimate of drug-likeness (QED) is 0.872. The summed E-state index contributed by atoms with van der Waals surface area (Å²) in [6, 6.07) is 3.62. The summed E-state index contributed by atoms with van der Waals surface area (Å²) in [7, 11) is 3.15. The number of hydrogen-bond acceptors (Lipinski definition) is 3. The second-order valence-electron chi connectivity index (χ2n) is 5.31. The first-order valence-electron chi connectivity index (χ1n) is 6.62. The summed E-state index contributed by atoms with van der Waals surface area (Å²) in [6.45, 7) is 2.06. The van der Waals surface area contributed by atoms with Crippen molar-refractivity contribution in [3.8, 4) is 11.5 Å². The summed E-state index contributed by atoms with van der Waals surface area (Å²) in [6.07, 6.45) is 1.59. The van der Waals surface area contributed by atoms with Crippen LogP contribution >= 0.6 is 11.6 Å². The number of rotatable bonds is 6. The van der Waals surface area contributed by atoms with E-state index in [0.29, 0.717) is 16.5 Å². The van der Waals surface area contributed by atoms with Gasteiger partial charge in [0.15, 0.2) is 11.5 Å². The molecule has 1 fully saturated rings. The van der Waals surface area contributed by atoms with Crippen molar-refractivity contribution in [3.63, 3.8) is 0 Å². The smallest absolute Gasteiger partial charge is 0.306 e. The summed E-state index contributed by atoms with van der Waals surface area (Å²) in [5, 5.41) is 9.58. The Kier molecular flexibility index (Phi) is 4.43. The van der Waals surface area contributed by atoms with Crippen LogP contribution in [0.4, 0.5) is 0 Å². The highest BCUT2D eigenvalue weighted by Gasteiger charge is 2.43. The zero-order valence-corrected chi connectivity index (χ0v) is 12.6. The van der Waals surface area contributed by atoms with Gasteiger partial charge in [-0.05, 0) is 36.3 Å². The number of halogens is 1. The largest absolute Gasteiger partial charge is 0.493 e. The maximum Gasteiger partial charge on any atom is 0.306 e. The SMILES string of the molecule is COc1cc(Cl)c(C(C)CC2CC2C(=O)O)cc1OC. The first-order valence-corrected chi connectivity index (χ1v) is 7.00. The summed E-state index contributed by atoms with van der Waals surface area (Å²) in [5.41, 5.74) is 0.973. The van der Waals surface area contributed by atoms with Gasteiger partial charge in [0.1, 0.15) is 0 Å². The van der Waals surface area contributed by atoms with E-state index < -0.39 is 5.97 Å². The molecule has 4 nitrogen and oxygen atoms in total. The molecule has 0 spiro atoms. The number of ether oxygens (including phenoxy) is 2. The Morgan fingerprint density at radius 3 is 2.50 bits per heavy atom. The van der Waals surface area contributed by atoms with Crippen LogP contribution in [0, 0.1) is 11.8 Å². The molecule has 3 atom stereocenters. The molecular formula is C15H19ClO4. The third-order valence-corrected chi connectivity index (χ3v) is 4.26. The van der Waals surface area contributed by atoms with Gasteiger partial charge in [0, 0.05) is 11.1 Å². The predicted octanol–water partition coefficient (Wildman–Crippen LogP) is 3.57. The number of carboxylic acids is 1. The molecule has 0 radical (unpaired) electrons. The predicted molar refractivity (Wildman–Crippen MR) is 76.8 cm³/mol. The van der Waals surface area contributed by atoms with Gasteiger partial charge < -0.3 is 14.6 Å². The van der Waals surface area contributed by atoms with Crippen LogP contribution < -0.4 is 9.47 Å². The average molecular weight is 299 g/mol. The fraction of sp³-hybridized carbons (Fsp3) is 0.533. The van der Waals surface area contributed by atoms with Crippen LogP contribution in [0.15, 0.2) is 12.1 Å². The van der Waals surface area contributed by atoms with Gasteiger partial charge in [-0.3, -0.25) is 4.79 Å². The van der Waals surface area contributed by atoms with Crippen LogP contribution in [0.5, 0.6) is 11.5 Å². The van der Waals surface area contributed by atoms with Crippen molar-refractivity contribution in [1.29, 1.82) is 0 Å². The van der Waals surface area contributed by atoms with Gasteiger partial charge in [-0.2, -0.15) is 0 Å². The number of carboxylic acid groups (broad SMARTS) is 1. The molecule has 1 aromatic rings. The third kappa shape index (κ3) is 3.01. The van der Waals surface area contributed by atoms with E-state index in [1.807, 2.05) is 6.07 Å². The molecule has 0 saturated heterocycles. The van der Waals surface area contributed by atoms with Crippen molar-refractivity contribution in [2.45, 2.75) is 25.7 Å². The maximum atomic E-state index is 10.9. The fourth-order valence-electron chi connectivity index (χ4n) is 2.64. The Labute approximate surface area is 123 Å². The van der Waals surface area contributed by atoms with Gasteiger partial charge >= 0.3 is 5.97 Å². The van der Waals surface area contributed by atoms with E-state index in [2.05, 4.69) is 6.92 Å². The van der Waals surface area contributed by atoms with Crippen LogP contribution in [0.2, 0.25) is 5.02 Å². The van der Waals surface area contributed by atoms with E-state index in [9.17, 15) is 4.79 Å². The van der Waals surface area contributed by atoms with Gasteiger partial charge in [0.05, 0.1) is 20.1 Å². The number of methoxy groups -OCH3 is 2. The molecule has 110 valence electrons. The van der Waals surface area contributed by atoms with E-state index in [1.54, 1.807) is 20.3 Å². The van der Waals surface area contributed by atoms with Crippen molar-refractivity contribution in [2.75, 3.05) is 14.2 Å². The lowest BCUT2D eigenvalue weighted by Gasteiger charge is -2.16. The Morgan fingerprint density at radius 1 is 1.40 bits per heavy atom. The van der Waals surface area contributed by atoms with E-state index >= 15 is 0 Å².